The first-order valence-corrected chi connectivity index (χ1v) is 8.49. The number of carbonyl (C=O) groups is 1. The number of carbonyl (C=O) groups excluding carboxylic acids is 1. The summed E-state index contributed by atoms with van der Waals surface area (Å²) in [6.07, 6.45) is 6.45. The van der Waals surface area contributed by atoms with Gasteiger partial charge in [0.15, 0.2) is 0 Å². The Morgan fingerprint density at radius 2 is 2.00 bits per heavy atom. The molecule has 21 heavy (non-hydrogen) atoms. The van der Waals surface area contributed by atoms with Gasteiger partial charge in [0.2, 0.25) is 5.91 Å². The predicted molar refractivity (Wildman–Crippen MR) is 83.2 cm³/mol. The molecule has 3 saturated carbocycles. The van der Waals surface area contributed by atoms with Crippen molar-refractivity contribution in [1.82, 2.24) is 0 Å². The van der Waals surface area contributed by atoms with Crippen molar-refractivity contribution in [3.63, 3.8) is 0 Å². The van der Waals surface area contributed by atoms with Gasteiger partial charge in [0.05, 0.1) is 0 Å². The topological polar surface area (TPSA) is 41.1 Å². The molecule has 2 bridgehead atoms. The van der Waals surface area contributed by atoms with Crippen LogP contribution in [0.15, 0.2) is 18.2 Å². The van der Waals surface area contributed by atoms with Gasteiger partial charge in [-0.1, -0.05) is 0 Å². The zero-order valence-corrected chi connectivity index (χ0v) is 12.3. The summed E-state index contributed by atoms with van der Waals surface area (Å²) >= 11 is 0. The van der Waals surface area contributed by atoms with E-state index in [-0.39, 0.29) is 5.91 Å². The second-order valence-corrected chi connectivity index (χ2v) is 7.41. The minimum atomic E-state index is 0.283. The van der Waals surface area contributed by atoms with Crippen molar-refractivity contribution >= 4 is 17.3 Å². The summed E-state index contributed by atoms with van der Waals surface area (Å²) in [6.45, 7) is 1.06. The number of hydrogen-bond donors (Lipinski definition) is 2. The Bertz CT molecular complexity index is 595. The molecule has 4 unspecified atom stereocenters. The first-order chi connectivity index (χ1) is 10.3. The number of nitrogens with one attached hydrogen (secondary N) is 2. The molecule has 3 fully saturated rings. The van der Waals surface area contributed by atoms with E-state index < -0.39 is 0 Å². The zero-order valence-electron chi connectivity index (χ0n) is 12.3. The van der Waals surface area contributed by atoms with E-state index >= 15 is 0 Å². The van der Waals surface area contributed by atoms with Gasteiger partial charge in [-0.3, -0.25) is 4.79 Å². The Labute approximate surface area is 125 Å². The molecule has 0 aromatic heterocycles. The van der Waals surface area contributed by atoms with Gasteiger partial charge in [0.1, 0.15) is 0 Å². The van der Waals surface area contributed by atoms with E-state index in [4.69, 9.17) is 0 Å². The van der Waals surface area contributed by atoms with E-state index in [2.05, 4.69) is 22.8 Å². The molecule has 4 atom stereocenters. The fourth-order valence-electron chi connectivity index (χ4n) is 5.45. The van der Waals surface area contributed by atoms with Crippen molar-refractivity contribution in [3.8, 4) is 0 Å². The highest BCUT2D eigenvalue weighted by Crippen LogP contribution is 2.69. The summed E-state index contributed by atoms with van der Waals surface area (Å²) < 4.78 is 0. The van der Waals surface area contributed by atoms with Gasteiger partial charge in [0.25, 0.3) is 0 Å². The van der Waals surface area contributed by atoms with Crippen molar-refractivity contribution in [1.29, 1.82) is 0 Å². The second-order valence-electron chi connectivity index (χ2n) is 7.41. The summed E-state index contributed by atoms with van der Waals surface area (Å²) in [5.74, 6) is 3.79. The third kappa shape index (κ3) is 1.76. The van der Waals surface area contributed by atoms with E-state index in [0.29, 0.717) is 5.92 Å². The normalized spacial score (nSPS) is 38.4. The molecule has 0 radical (unpaired) electrons. The molecular formula is C18H22N2O. The number of aryl methyl sites for hydroxylation is 1. The lowest BCUT2D eigenvalue weighted by Gasteiger charge is -2.19. The van der Waals surface area contributed by atoms with Gasteiger partial charge >= 0.3 is 0 Å². The van der Waals surface area contributed by atoms with Gasteiger partial charge in [0, 0.05) is 23.8 Å². The fraction of sp³-hybridized carbons (Fsp3) is 0.611. The summed E-state index contributed by atoms with van der Waals surface area (Å²) in [6, 6.07) is 6.31. The van der Waals surface area contributed by atoms with Gasteiger partial charge in [-0.15, -0.1) is 0 Å². The molecule has 2 N–H and O–H groups in total. The monoisotopic (exact) mass is 282 g/mol. The Morgan fingerprint density at radius 1 is 1.19 bits per heavy atom. The van der Waals surface area contributed by atoms with Crippen molar-refractivity contribution < 1.29 is 4.79 Å². The summed E-state index contributed by atoms with van der Waals surface area (Å²) in [5, 5.41) is 6.60. The van der Waals surface area contributed by atoms with Crippen molar-refractivity contribution in [2.75, 3.05) is 17.2 Å². The first-order valence-electron chi connectivity index (χ1n) is 8.49. The summed E-state index contributed by atoms with van der Waals surface area (Å²) in [4.78, 5) is 12.5. The van der Waals surface area contributed by atoms with Crippen molar-refractivity contribution in [3.05, 3.63) is 23.8 Å². The predicted octanol–water partition coefficient (Wildman–Crippen LogP) is 3.28. The Balaban J connectivity index is 1.31. The Hall–Kier alpha value is -1.51. The lowest BCUT2D eigenvalue weighted by molar-refractivity contribution is -0.118. The first kappa shape index (κ1) is 12.1. The van der Waals surface area contributed by atoms with Crippen LogP contribution < -0.4 is 10.6 Å². The van der Waals surface area contributed by atoms with Gasteiger partial charge in [-0.2, -0.15) is 0 Å². The lowest BCUT2D eigenvalue weighted by Crippen LogP contribution is -2.19. The number of rotatable bonds is 2. The van der Waals surface area contributed by atoms with Crippen LogP contribution in [0.25, 0.3) is 0 Å². The van der Waals surface area contributed by atoms with Crippen molar-refractivity contribution in [2.24, 2.45) is 29.6 Å². The summed E-state index contributed by atoms with van der Waals surface area (Å²) in [5.41, 5.74) is 3.57. The molecule has 4 aliphatic rings. The highest BCUT2D eigenvalue weighted by Gasteiger charge is 2.67. The number of benzene rings is 1. The average molecular weight is 282 g/mol. The minimum absolute atomic E-state index is 0.283. The molecule has 3 heteroatoms. The van der Waals surface area contributed by atoms with E-state index in [1.807, 2.05) is 6.07 Å². The van der Waals surface area contributed by atoms with Crippen molar-refractivity contribution in [2.45, 2.75) is 32.1 Å². The van der Waals surface area contributed by atoms with Crippen LogP contribution in [0.3, 0.4) is 0 Å². The molecule has 0 saturated heterocycles. The highest BCUT2D eigenvalue weighted by atomic mass is 16.2. The Morgan fingerprint density at radius 3 is 2.81 bits per heavy atom. The molecule has 1 heterocycles. The van der Waals surface area contributed by atoms with Crippen LogP contribution in [0.4, 0.5) is 11.4 Å². The maximum Gasteiger partial charge on any atom is 0.228 e. The average Bonchev–Trinajstić information content (AvgIpc) is 2.96. The zero-order chi connectivity index (χ0) is 14.0. The fourth-order valence-corrected chi connectivity index (χ4v) is 5.45. The third-order valence-corrected chi connectivity index (χ3v) is 6.35. The SMILES string of the molecule is O=C(Nc1ccc2c(c1)CCCN2)C1C2C3CCC(C3)C12. The van der Waals surface area contributed by atoms with Gasteiger partial charge < -0.3 is 10.6 Å². The van der Waals surface area contributed by atoms with E-state index in [0.717, 1.165) is 42.3 Å². The standard InChI is InChI=1S/C18H22N2O/c21-18(17-15-11-3-4-12(8-11)16(15)17)20-13-5-6-14-10(9-13)2-1-7-19-14/h5-6,9,11-12,15-17,19H,1-4,7-8H2,(H,20,21). The largest absolute Gasteiger partial charge is 0.385 e. The Kier molecular flexibility index (Phi) is 2.44. The lowest BCUT2D eigenvalue weighted by atomic mass is 10.0. The number of fused-ring (bicyclic) bond motifs is 6. The van der Waals surface area contributed by atoms with Crippen LogP contribution in [-0.2, 0) is 11.2 Å². The van der Waals surface area contributed by atoms with Crippen LogP contribution >= 0.6 is 0 Å². The highest BCUT2D eigenvalue weighted by molar-refractivity contribution is 5.95. The molecule has 1 aromatic rings. The third-order valence-electron chi connectivity index (χ3n) is 6.35. The van der Waals surface area contributed by atoms with Crippen LogP contribution in [0.5, 0.6) is 0 Å². The maximum atomic E-state index is 12.5. The van der Waals surface area contributed by atoms with E-state index in [1.165, 1.54) is 36.9 Å². The molecule has 3 nitrogen and oxygen atoms in total. The van der Waals surface area contributed by atoms with Gasteiger partial charge in [-0.25, -0.2) is 0 Å². The van der Waals surface area contributed by atoms with E-state index in [1.54, 1.807) is 0 Å². The van der Waals surface area contributed by atoms with Crippen LogP contribution in [-0.4, -0.2) is 12.5 Å². The minimum Gasteiger partial charge on any atom is -0.385 e. The van der Waals surface area contributed by atoms with Crippen LogP contribution in [0, 0.1) is 29.6 Å². The molecule has 0 spiro atoms. The number of hydrogen-bond acceptors (Lipinski definition) is 2. The van der Waals surface area contributed by atoms with Gasteiger partial charge in [-0.05, 0) is 79.5 Å². The molecule has 3 aliphatic carbocycles. The van der Waals surface area contributed by atoms with E-state index in [9.17, 15) is 4.79 Å². The quantitative estimate of drug-likeness (QED) is 0.874. The molecule has 1 aromatic carbocycles. The number of amides is 1. The number of anilines is 2. The summed E-state index contributed by atoms with van der Waals surface area (Å²) in [7, 11) is 0. The molecule has 1 amide bonds. The maximum absolute atomic E-state index is 12.5. The molecular weight excluding hydrogens is 260 g/mol. The molecule has 5 rings (SSSR count). The smallest absolute Gasteiger partial charge is 0.228 e. The van der Waals surface area contributed by atoms with Crippen LogP contribution in [0.1, 0.15) is 31.2 Å². The second kappa shape index (κ2) is 4.25. The molecule has 1 aliphatic heterocycles. The van der Waals surface area contributed by atoms with Crippen LogP contribution in [0.2, 0.25) is 0 Å². The molecule has 110 valence electrons.